The molecule has 2 fully saturated rings. The number of H-pyrrole nitrogens is 1. The highest BCUT2D eigenvalue weighted by Gasteiger charge is 2.33. The van der Waals surface area contributed by atoms with E-state index in [9.17, 15) is 9.59 Å². The van der Waals surface area contributed by atoms with Gasteiger partial charge in [-0.05, 0) is 81.3 Å². The molecule has 270 valence electrons. The standard InChI is InChI=1S/C23H27Cl2N3O2.C16H24N2O2/c24-19-4-3-5-21(23(19)25)28-13-11-27(12-14-28)10-1-2-15-30-18-8-6-17-7-9-22(29)26-20(17)16-18;1-3-13-11(2)17-14-5-4-12(16(19)15(13)14)10-18-6-8-20-9-7-18/h3-6,8,16H,1-2,7,9-15H2,(H,26,29);12,17H,3-10H2,1-2H3. The lowest BCUT2D eigenvalue weighted by Gasteiger charge is -2.36. The van der Waals surface area contributed by atoms with E-state index < -0.39 is 0 Å². The second-order valence-electron chi connectivity index (χ2n) is 13.8. The Morgan fingerprint density at radius 2 is 1.74 bits per heavy atom. The van der Waals surface area contributed by atoms with Gasteiger partial charge >= 0.3 is 0 Å². The molecule has 1 amide bonds. The number of carbonyl (C=O) groups excluding carboxylic acids is 2. The molecule has 3 aromatic rings. The predicted molar refractivity (Wildman–Crippen MR) is 202 cm³/mol. The molecular formula is C39H51Cl2N5O4. The highest BCUT2D eigenvalue weighted by Crippen LogP contribution is 2.33. The quantitative estimate of drug-likeness (QED) is 0.222. The number of amides is 1. The number of nitrogens with zero attached hydrogens (tertiary/aromatic N) is 3. The lowest BCUT2D eigenvalue weighted by Crippen LogP contribution is -2.46. The zero-order valence-electron chi connectivity index (χ0n) is 29.5. The molecule has 7 rings (SSSR count). The lowest BCUT2D eigenvalue weighted by molar-refractivity contribution is -0.116. The van der Waals surface area contributed by atoms with Crippen LogP contribution in [0.25, 0.3) is 0 Å². The van der Waals surface area contributed by atoms with E-state index in [0.29, 0.717) is 28.9 Å². The van der Waals surface area contributed by atoms with E-state index in [2.05, 4.69) is 44.9 Å². The van der Waals surface area contributed by atoms with E-state index in [0.717, 1.165) is 127 Å². The molecule has 1 aliphatic carbocycles. The van der Waals surface area contributed by atoms with Gasteiger partial charge in [0.2, 0.25) is 5.91 Å². The summed E-state index contributed by atoms with van der Waals surface area (Å²) in [6, 6.07) is 11.8. The van der Waals surface area contributed by atoms with E-state index in [4.69, 9.17) is 32.7 Å². The number of hydrogen-bond acceptors (Lipinski definition) is 7. The summed E-state index contributed by atoms with van der Waals surface area (Å²) in [4.78, 5) is 34.9. The molecule has 0 bridgehead atoms. The fourth-order valence-corrected chi connectivity index (χ4v) is 8.02. The number of rotatable bonds is 10. The third-order valence-electron chi connectivity index (χ3n) is 10.4. The minimum atomic E-state index is 0.0809. The van der Waals surface area contributed by atoms with Gasteiger partial charge in [-0.3, -0.25) is 19.4 Å². The van der Waals surface area contributed by atoms with Crippen LogP contribution in [0, 0.1) is 12.8 Å². The molecule has 11 heteroatoms. The molecule has 2 saturated heterocycles. The van der Waals surface area contributed by atoms with Crippen LogP contribution < -0.4 is 15.0 Å². The molecule has 4 heterocycles. The Bertz CT molecular complexity index is 1630. The zero-order valence-corrected chi connectivity index (χ0v) is 31.0. The third kappa shape index (κ3) is 9.04. The summed E-state index contributed by atoms with van der Waals surface area (Å²) in [5.74, 6) is 1.43. The van der Waals surface area contributed by atoms with Gasteiger partial charge in [0.25, 0.3) is 0 Å². The molecule has 9 nitrogen and oxygen atoms in total. The van der Waals surface area contributed by atoms with Crippen LogP contribution in [0.1, 0.15) is 65.5 Å². The van der Waals surface area contributed by atoms with Gasteiger partial charge in [0, 0.05) is 86.9 Å². The smallest absolute Gasteiger partial charge is 0.224 e. The monoisotopic (exact) mass is 723 g/mol. The zero-order chi connectivity index (χ0) is 35.0. The van der Waals surface area contributed by atoms with Crippen LogP contribution in [0.4, 0.5) is 11.4 Å². The number of ketones is 1. The maximum absolute atomic E-state index is 12.8. The molecule has 1 unspecified atom stereocenters. The van der Waals surface area contributed by atoms with E-state index in [-0.39, 0.29) is 11.8 Å². The fraction of sp³-hybridized carbons (Fsp3) is 0.538. The summed E-state index contributed by atoms with van der Waals surface area (Å²) >= 11 is 12.5. The van der Waals surface area contributed by atoms with Crippen molar-refractivity contribution in [3.8, 4) is 5.75 Å². The Hall–Kier alpha value is -3.08. The molecule has 0 spiro atoms. The highest BCUT2D eigenvalue weighted by molar-refractivity contribution is 6.43. The van der Waals surface area contributed by atoms with E-state index in [1.807, 2.05) is 30.3 Å². The van der Waals surface area contributed by atoms with Gasteiger partial charge in [0.1, 0.15) is 5.75 Å². The van der Waals surface area contributed by atoms with E-state index in [1.54, 1.807) is 0 Å². The minimum absolute atomic E-state index is 0.0809. The predicted octanol–water partition coefficient (Wildman–Crippen LogP) is 6.82. The number of piperazine rings is 1. The van der Waals surface area contributed by atoms with E-state index in [1.165, 1.54) is 22.5 Å². The number of unbranched alkanes of at least 4 members (excludes halogenated alkanes) is 1. The number of hydrogen-bond donors (Lipinski definition) is 2. The van der Waals surface area contributed by atoms with Crippen molar-refractivity contribution < 1.29 is 19.1 Å². The Balaban J connectivity index is 0.000000187. The third-order valence-corrected chi connectivity index (χ3v) is 11.3. The molecule has 3 aliphatic heterocycles. The van der Waals surface area contributed by atoms with Crippen LogP contribution in [0.15, 0.2) is 36.4 Å². The Morgan fingerprint density at radius 1 is 0.940 bits per heavy atom. The summed E-state index contributed by atoms with van der Waals surface area (Å²) in [6.07, 6.45) is 6.39. The average Bonchev–Trinajstić information content (AvgIpc) is 3.47. The Kier molecular flexibility index (Phi) is 12.8. The first kappa shape index (κ1) is 36.7. The van der Waals surface area contributed by atoms with Crippen LogP contribution in [-0.4, -0.2) is 98.7 Å². The number of morpholine rings is 1. The number of Topliss-reactive ketones (excluding diaryl/α,β-unsaturated/α-hetero) is 1. The van der Waals surface area contributed by atoms with Crippen molar-refractivity contribution in [1.29, 1.82) is 0 Å². The second kappa shape index (κ2) is 17.4. The number of aryl methyl sites for hydroxylation is 3. The summed E-state index contributed by atoms with van der Waals surface area (Å²) in [5, 5.41) is 4.18. The van der Waals surface area contributed by atoms with Crippen molar-refractivity contribution in [3.63, 3.8) is 0 Å². The van der Waals surface area contributed by atoms with Gasteiger partial charge in [-0.15, -0.1) is 0 Å². The first-order valence-electron chi connectivity index (χ1n) is 18.3. The summed E-state index contributed by atoms with van der Waals surface area (Å²) in [6.45, 7) is 14.4. The number of benzene rings is 2. The Morgan fingerprint density at radius 3 is 2.52 bits per heavy atom. The van der Waals surface area contributed by atoms with Gasteiger partial charge < -0.3 is 24.7 Å². The molecule has 2 N–H and O–H groups in total. The topological polar surface area (TPSA) is 90.1 Å². The number of halogens is 2. The van der Waals surface area contributed by atoms with Crippen molar-refractivity contribution in [2.24, 2.45) is 5.92 Å². The number of anilines is 2. The molecule has 1 aromatic heterocycles. The summed E-state index contributed by atoms with van der Waals surface area (Å²) in [5.41, 5.74) is 7.69. The normalized spacial score (nSPS) is 19.7. The van der Waals surface area contributed by atoms with Gasteiger partial charge in [-0.2, -0.15) is 0 Å². The maximum Gasteiger partial charge on any atom is 0.224 e. The fourth-order valence-electron chi connectivity index (χ4n) is 7.60. The number of nitrogens with one attached hydrogen (secondary N) is 2. The summed E-state index contributed by atoms with van der Waals surface area (Å²) in [7, 11) is 0. The lowest BCUT2D eigenvalue weighted by atomic mass is 9.83. The summed E-state index contributed by atoms with van der Waals surface area (Å²) < 4.78 is 11.3. The molecule has 2 aromatic carbocycles. The van der Waals surface area contributed by atoms with Gasteiger partial charge in [-0.25, -0.2) is 0 Å². The van der Waals surface area contributed by atoms with Crippen molar-refractivity contribution >= 4 is 46.3 Å². The highest BCUT2D eigenvalue weighted by atomic mass is 35.5. The van der Waals surface area contributed by atoms with Gasteiger partial charge in [-0.1, -0.05) is 42.3 Å². The molecule has 50 heavy (non-hydrogen) atoms. The molecule has 0 saturated carbocycles. The molecular weight excluding hydrogens is 673 g/mol. The Labute approximate surface area is 306 Å². The number of aromatic amines is 1. The average molecular weight is 725 g/mol. The maximum atomic E-state index is 12.8. The van der Waals surface area contributed by atoms with Crippen molar-refractivity contribution in [1.82, 2.24) is 14.8 Å². The second-order valence-corrected chi connectivity index (χ2v) is 14.6. The molecule has 0 radical (unpaired) electrons. The minimum Gasteiger partial charge on any atom is -0.494 e. The number of aromatic nitrogens is 1. The first-order chi connectivity index (χ1) is 24.3. The van der Waals surface area contributed by atoms with Crippen molar-refractivity contribution in [2.45, 2.75) is 58.8 Å². The van der Waals surface area contributed by atoms with Crippen molar-refractivity contribution in [2.75, 3.05) is 82.4 Å². The number of carbonyl (C=O) groups is 2. The number of fused-ring (bicyclic) bond motifs is 2. The van der Waals surface area contributed by atoms with Crippen LogP contribution in [0.3, 0.4) is 0 Å². The van der Waals surface area contributed by atoms with Crippen LogP contribution in [0.2, 0.25) is 10.0 Å². The molecule has 1 atom stereocenters. The SMILES string of the molecule is CCc1c(C)[nH]c2c1C(=O)C(CN1CCOCC1)CC2.O=C1CCc2ccc(OCCCCN3CCN(c4cccc(Cl)c4Cl)CC3)cc2N1. The largest absolute Gasteiger partial charge is 0.494 e. The van der Waals surface area contributed by atoms with Gasteiger partial charge in [0.15, 0.2) is 5.78 Å². The first-order valence-corrected chi connectivity index (χ1v) is 19.1. The van der Waals surface area contributed by atoms with Crippen LogP contribution in [0.5, 0.6) is 5.75 Å². The van der Waals surface area contributed by atoms with Gasteiger partial charge in [0.05, 0.1) is 35.6 Å². The van der Waals surface area contributed by atoms with Crippen molar-refractivity contribution in [3.05, 3.63) is 74.5 Å². The number of ether oxygens (including phenoxy) is 2. The van der Waals surface area contributed by atoms with Crippen LogP contribution in [-0.2, 0) is 28.8 Å². The van der Waals surface area contributed by atoms with Crippen LogP contribution >= 0.6 is 23.2 Å². The molecule has 4 aliphatic rings. The van der Waals surface area contributed by atoms with E-state index >= 15 is 0 Å².